The lowest BCUT2D eigenvalue weighted by molar-refractivity contribution is 0.0571. The summed E-state index contributed by atoms with van der Waals surface area (Å²) in [5.41, 5.74) is 7.09. The zero-order valence-corrected chi connectivity index (χ0v) is 12.2. The van der Waals surface area contributed by atoms with Gasteiger partial charge in [0.15, 0.2) is 0 Å². The molecule has 1 unspecified atom stereocenters. The van der Waals surface area contributed by atoms with E-state index in [-0.39, 0.29) is 5.91 Å². The van der Waals surface area contributed by atoms with Gasteiger partial charge in [-0.3, -0.25) is 9.69 Å². The van der Waals surface area contributed by atoms with Crippen molar-refractivity contribution in [3.63, 3.8) is 0 Å². The van der Waals surface area contributed by atoms with Crippen molar-refractivity contribution in [2.75, 3.05) is 26.2 Å². The molecule has 3 rings (SSSR count). The lowest BCUT2D eigenvalue weighted by Crippen LogP contribution is -2.52. The Bertz CT molecular complexity index is 528. The molecule has 2 fully saturated rings. The molecule has 20 heavy (non-hydrogen) atoms. The molecule has 5 heteroatoms. The summed E-state index contributed by atoms with van der Waals surface area (Å²) in [5.74, 6) is 0.117. The first-order valence-electron chi connectivity index (χ1n) is 7.08. The number of thiocarbonyl (C=S) groups is 1. The molecule has 0 aliphatic carbocycles. The Morgan fingerprint density at radius 3 is 2.55 bits per heavy atom. The SMILES string of the molecule is NC(=S)c1ccc(C(=O)N2CCN3CCCC3C2)cc1. The number of fused-ring (bicyclic) bond motifs is 1. The first-order valence-corrected chi connectivity index (χ1v) is 7.49. The molecule has 1 aromatic rings. The minimum Gasteiger partial charge on any atom is -0.389 e. The van der Waals surface area contributed by atoms with E-state index in [1.807, 2.05) is 29.2 Å². The molecular formula is C15H19N3OS. The molecule has 1 atom stereocenters. The lowest BCUT2D eigenvalue weighted by Gasteiger charge is -2.37. The monoisotopic (exact) mass is 289 g/mol. The van der Waals surface area contributed by atoms with Crippen molar-refractivity contribution in [3.8, 4) is 0 Å². The Balaban J connectivity index is 1.70. The summed E-state index contributed by atoms with van der Waals surface area (Å²) >= 11 is 4.92. The van der Waals surface area contributed by atoms with E-state index in [1.54, 1.807) is 0 Å². The maximum Gasteiger partial charge on any atom is 0.253 e. The van der Waals surface area contributed by atoms with Crippen molar-refractivity contribution in [2.45, 2.75) is 18.9 Å². The van der Waals surface area contributed by atoms with Gasteiger partial charge in [-0.25, -0.2) is 0 Å². The predicted molar refractivity (Wildman–Crippen MR) is 82.8 cm³/mol. The van der Waals surface area contributed by atoms with Gasteiger partial charge in [-0.2, -0.15) is 0 Å². The van der Waals surface area contributed by atoms with E-state index in [9.17, 15) is 4.79 Å². The lowest BCUT2D eigenvalue weighted by atomic mass is 10.1. The van der Waals surface area contributed by atoms with Gasteiger partial charge in [-0.05, 0) is 31.5 Å². The van der Waals surface area contributed by atoms with Crippen LogP contribution in [0.5, 0.6) is 0 Å². The van der Waals surface area contributed by atoms with Crippen LogP contribution in [0.3, 0.4) is 0 Å². The fraction of sp³-hybridized carbons (Fsp3) is 0.467. The summed E-state index contributed by atoms with van der Waals surface area (Å²) in [6.45, 7) is 3.87. The van der Waals surface area contributed by atoms with Crippen LogP contribution in [0.1, 0.15) is 28.8 Å². The van der Waals surface area contributed by atoms with E-state index in [0.717, 1.165) is 30.8 Å². The summed E-state index contributed by atoms with van der Waals surface area (Å²) in [7, 11) is 0. The first-order chi connectivity index (χ1) is 9.65. The molecule has 106 valence electrons. The third kappa shape index (κ3) is 2.55. The number of nitrogens with zero attached hydrogens (tertiary/aromatic N) is 2. The quantitative estimate of drug-likeness (QED) is 0.832. The van der Waals surface area contributed by atoms with Crippen LogP contribution in [0.2, 0.25) is 0 Å². The van der Waals surface area contributed by atoms with Crippen molar-refractivity contribution in [2.24, 2.45) is 5.73 Å². The average molecular weight is 289 g/mol. The number of carbonyl (C=O) groups excluding carboxylic acids is 1. The van der Waals surface area contributed by atoms with Gasteiger partial charge >= 0.3 is 0 Å². The molecular weight excluding hydrogens is 270 g/mol. The summed E-state index contributed by atoms with van der Waals surface area (Å²) in [6.07, 6.45) is 2.47. The number of nitrogens with two attached hydrogens (primary N) is 1. The molecule has 0 spiro atoms. The molecule has 1 amide bonds. The minimum absolute atomic E-state index is 0.117. The second-order valence-electron chi connectivity index (χ2n) is 5.52. The van der Waals surface area contributed by atoms with Crippen LogP contribution >= 0.6 is 12.2 Å². The largest absolute Gasteiger partial charge is 0.389 e. The highest BCUT2D eigenvalue weighted by atomic mass is 32.1. The molecule has 0 bridgehead atoms. The number of carbonyl (C=O) groups is 1. The molecule has 0 radical (unpaired) electrons. The van der Waals surface area contributed by atoms with Crippen molar-refractivity contribution in [1.29, 1.82) is 0 Å². The van der Waals surface area contributed by atoms with E-state index in [0.29, 0.717) is 11.0 Å². The van der Waals surface area contributed by atoms with Crippen molar-refractivity contribution < 1.29 is 4.79 Å². The van der Waals surface area contributed by atoms with Crippen LogP contribution in [-0.4, -0.2) is 52.9 Å². The van der Waals surface area contributed by atoms with E-state index < -0.39 is 0 Å². The van der Waals surface area contributed by atoms with Gasteiger partial charge in [0.25, 0.3) is 5.91 Å². The molecule has 2 aliphatic rings. The molecule has 4 nitrogen and oxygen atoms in total. The van der Waals surface area contributed by atoms with Crippen LogP contribution in [0, 0.1) is 0 Å². The van der Waals surface area contributed by atoms with Crippen LogP contribution < -0.4 is 5.73 Å². The zero-order valence-electron chi connectivity index (χ0n) is 11.4. The molecule has 2 saturated heterocycles. The van der Waals surface area contributed by atoms with Gasteiger partial charge in [-0.15, -0.1) is 0 Å². The van der Waals surface area contributed by atoms with Crippen LogP contribution in [0.25, 0.3) is 0 Å². The molecule has 2 heterocycles. The Morgan fingerprint density at radius 1 is 1.15 bits per heavy atom. The van der Waals surface area contributed by atoms with Gasteiger partial charge in [0.2, 0.25) is 0 Å². The maximum atomic E-state index is 12.5. The molecule has 2 aliphatic heterocycles. The van der Waals surface area contributed by atoms with Gasteiger partial charge in [0, 0.05) is 36.8 Å². The van der Waals surface area contributed by atoms with Gasteiger partial charge in [0.05, 0.1) is 0 Å². The zero-order chi connectivity index (χ0) is 14.1. The van der Waals surface area contributed by atoms with Crippen LogP contribution in [-0.2, 0) is 0 Å². The van der Waals surface area contributed by atoms with Crippen molar-refractivity contribution >= 4 is 23.1 Å². The number of hydrogen-bond acceptors (Lipinski definition) is 3. The Hall–Kier alpha value is -1.46. The van der Waals surface area contributed by atoms with E-state index >= 15 is 0 Å². The Kier molecular flexibility index (Phi) is 3.72. The highest BCUT2D eigenvalue weighted by molar-refractivity contribution is 7.80. The van der Waals surface area contributed by atoms with Crippen molar-refractivity contribution in [1.82, 2.24) is 9.80 Å². The van der Waals surface area contributed by atoms with Crippen LogP contribution in [0.4, 0.5) is 0 Å². The maximum absolute atomic E-state index is 12.5. The highest BCUT2D eigenvalue weighted by Gasteiger charge is 2.32. The van der Waals surface area contributed by atoms with E-state index in [1.165, 1.54) is 19.4 Å². The minimum atomic E-state index is 0.117. The highest BCUT2D eigenvalue weighted by Crippen LogP contribution is 2.22. The standard InChI is InChI=1S/C15H19N3OS/c16-14(20)11-3-5-12(6-4-11)15(19)18-9-8-17-7-1-2-13(17)10-18/h3-6,13H,1-2,7-10H2,(H2,16,20). The normalized spacial score (nSPS) is 22.6. The summed E-state index contributed by atoms with van der Waals surface area (Å²) in [4.78, 5) is 17.4. The number of amides is 1. The van der Waals surface area contributed by atoms with Gasteiger partial charge < -0.3 is 10.6 Å². The summed E-state index contributed by atoms with van der Waals surface area (Å²) < 4.78 is 0. The number of rotatable bonds is 2. The third-order valence-electron chi connectivity index (χ3n) is 4.29. The Labute approximate surface area is 124 Å². The first kappa shape index (κ1) is 13.5. The van der Waals surface area contributed by atoms with Crippen molar-refractivity contribution in [3.05, 3.63) is 35.4 Å². The average Bonchev–Trinajstić information content (AvgIpc) is 2.94. The number of hydrogen-bond donors (Lipinski definition) is 1. The van der Waals surface area contributed by atoms with E-state index in [4.69, 9.17) is 18.0 Å². The second kappa shape index (κ2) is 5.50. The summed E-state index contributed by atoms with van der Waals surface area (Å²) in [6, 6.07) is 7.84. The molecule has 1 aromatic carbocycles. The predicted octanol–water partition coefficient (Wildman–Crippen LogP) is 1.24. The smallest absolute Gasteiger partial charge is 0.253 e. The molecule has 2 N–H and O–H groups in total. The Morgan fingerprint density at radius 2 is 1.85 bits per heavy atom. The number of benzene rings is 1. The fourth-order valence-electron chi connectivity index (χ4n) is 3.14. The van der Waals surface area contributed by atoms with Crippen LogP contribution in [0.15, 0.2) is 24.3 Å². The second-order valence-corrected chi connectivity index (χ2v) is 5.96. The number of piperazine rings is 1. The van der Waals surface area contributed by atoms with E-state index in [2.05, 4.69) is 4.90 Å². The van der Waals surface area contributed by atoms with Gasteiger partial charge in [0.1, 0.15) is 4.99 Å². The topological polar surface area (TPSA) is 49.6 Å². The molecule has 0 saturated carbocycles. The van der Waals surface area contributed by atoms with Gasteiger partial charge in [-0.1, -0.05) is 24.4 Å². The third-order valence-corrected chi connectivity index (χ3v) is 4.53. The fourth-order valence-corrected chi connectivity index (χ4v) is 3.27. The summed E-state index contributed by atoms with van der Waals surface area (Å²) in [5, 5.41) is 0. The molecule has 0 aromatic heterocycles.